The maximum atomic E-state index is 5.97. The maximum absolute atomic E-state index is 5.97. The Morgan fingerprint density at radius 1 is 1.25 bits per heavy atom. The molecule has 2 aromatic rings. The molecule has 2 rings (SSSR count). The molecule has 0 aliphatic rings. The molecule has 2 N–H and O–H groups in total. The molecule has 0 aliphatic carbocycles. The Morgan fingerprint density at radius 3 is 2.65 bits per heavy atom. The first-order valence-electron chi connectivity index (χ1n) is 7.39. The van der Waals surface area contributed by atoms with Crippen LogP contribution in [0, 0.1) is 12.8 Å². The Hall–Kier alpha value is -1.61. The topological polar surface area (TPSA) is 43.8 Å². The highest BCUT2D eigenvalue weighted by molar-refractivity contribution is 5.23. The average Bonchev–Trinajstić information content (AvgIpc) is 2.78. The first kappa shape index (κ1) is 14.8. The molecular weight excluding hydrogens is 246 g/mol. The second-order valence-electron chi connectivity index (χ2n) is 5.60. The highest BCUT2D eigenvalue weighted by atomic mass is 15.3. The zero-order valence-corrected chi connectivity index (χ0v) is 12.8. The van der Waals surface area contributed by atoms with E-state index in [0.29, 0.717) is 12.5 Å². The van der Waals surface area contributed by atoms with Crippen molar-refractivity contribution in [1.82, 2.24) is 9.78 Å². The molecule has 0 radical (unpaired) electrons. The quantitative estimate of drug-likeness (QED) is 0.878. The van der Waals surface area contributed by atoms with Crippen molar-refractivity contribution in [3.05, 3.63) is 52.8 Å². The minimum atomic E-state index is 0.469. The van der Waals surface area contributed by atoms with E-state index in [4.69, 9.17) is 5.73 Å². The van der Waals surface area contributed by atoms with E-state index in [2.05, 4.69) is 49.3 Å². The number of aryl methyl sites for hydroxylation is 3. The lowest BCUT2D eigenvalue weighted by atomic mass is 9.94. The molecule has 0 fully saturated rings. The number of hydrogen-bond acceptors (Lipinski definition) is 2. The summed E-state index contributed by atoms with van der Waals surface area (Å²) in [5.41, 5.74) is 11.1. The van der Waals surface area contributed by atoms with Gasteiger partial charge in [0.1, 0.15) is 0 Å². The van der Waals surface area contributed by atoms with E-state index >= 15 is 0 Å². The van der Waals surface area contributed by atoms with Gasteiger partial charge in [0, 0.05) is 12.7 Å². The molecule has 0 spiro atoms. The number of nitrogens with zero attached hydrogens (tertiary/aromatic N) is 2. The van der Waals surface area contributed by atoms with E-state index in [0.717, 1.165) is 25.0 Å². The molecule has 0 amide bonds. The fraction of sp³-hybridized carbons (Fsp3) is 0.471. The van der Waals surface area contributed by atoms with Crippen LogP contribution in [0.5, 0.6) is 0 Å². The Bertz CT molecular complexity index is 557. The number of hydrogen-bond donors (Lipinski definition) is 1. The minimum Gasteiger partial charge on any atom is -0.330 e. The van der Waals surface area contributed by atoms with Gasteiger partial charge in [-0.15, -0.1) is 0 Å². The summed E-state index contributed by atoms with van der Waals surface area (Å²) in [5.74, 6) is 0.469. The summed E-state index contributed by atoms with van der Waals surface area (Å²) in [6.07, 6.45) is 3.01. The first-order valence-corrected chi connectivity index (χ1v) is 7.39. The predicted octanol–water partition coefficient (Wildman–Crippen LogP) is 2.65. The summed E-state index contributed by atoms with van der Waals surface area (Å²) in [5, 5.41) is 4.51. The summed E-state index contributed by atoms with van der Waals surface area (Å²) < 4.78 is 2.00. The molecule has 0 saturated heterocycles. The van der Waals surface area contributed by atoms with E-state index in [1.54, 1.807) is 0 Å². The highest BCUT2D eigenvalue weighted by Gasteiger charge is 2.13. The first-order chi connectivity index (χ1) is 9.62. The van der Waals surface area contributed by atoms with Crippen LogP contribution in [-0.4, -0.2) is 16.3 Å². The third kappa shape index (κ3) is 3.70. The van der Waals surface area contributed by atoms with Crippen LogP contribution in [0.1, 0.15) is 29.4 Å². The van der Waals surface area contributed by atoms with Crippen LogP contribution in [-0.2, 0) is 26.3 Å². The van der Waals surface area contributed by atoms with Crippen LogP contribution in [0.4, 0.5) is 0 Å². The smallest absolute Gasteiger partial charge is 0.0624 e. The van der Waals surface area contributed by atoms with E-state index in [-0.39, 0.29) is 0 Å². The average molecular weight is 271 g/mol. The zero-order valence-electron chi connectivity index (χ0n) is 12.8. The molecule has 1 atom stereocenters. The van der Waals surface area contributed by atoms with Gasteiger partial charge in [-0.25, -0.2) is 0 Å². The van der Waals surface area contributed by atoms with Gasteiger partial charge < -0.3 is 5.73 Å². The zero-order chi connectivity index (χ0) is 14.5. The minimum absolute atomic E-state index is 0.469. The SMILES string of the molecule is CCc1cc(CC(CN)Cc2cccc(C)c2)n(C)n1. The van der Waals surface area contributed by atoms with Crippen molar-refractivity contribution in [2.24, 2.45) is 18.7 Å². The van der Waals surface area contributed by atoms with E-state index in [1.807, 2.05) is 11.7 Å². The molecule has 0 bridgehead atoms. The second kappa shape index (κ2) is 6.71. The molecule has 3 nitrogen and oxygen atoms in total. The van der Waals surface area contributed by atoms with Crippen molar-refractivity contribution in [2.45, 2.75) is 33.1 Å². The molecule has 1 aromatic carbocycles. The molecule has 20 heavy (non-hydrogen) atoms. The third-order valence-electron chi connectivity index (χ3n) is 3.83. The number of rotatable bonds is 6. The lowest BCUT2D eigenvalue weighted by molar-refractivity contribution is 0.510. The number of nitrogens with two attached hydrogens (primary N) is 1. The lowest BCUT2D eigenvalue weighted by Crippen LogP contribution is -2.20. The van der Waals surface area contributed by atoms with Crippen LogP contribution in [0.25, 0.3) is 0 Å². The van der Waals surface area contributed by atoms with Crippen molar-refractivity contribution in [3.63, 3.8) is 0 Å². The fourth-order valence-corrected chi connectivity index (χ4v) is 2.64. The van der Waals surface area contributed by atoms with E-state index in [1.165, 1.54) is 16.8 Å². The monoisotopic (exact) mass is 271 g/mol. The second-order valence-corrected chi connectivity index (χ2v) is 5.60. The maximum Gasteiger partial charge on any atom is 0.0624 e. The van der Waals surface area contributed by atoms with Crippen molar-refractivity contribution >= 4 is 0 Å². The Balaban J connectivity index is 2.06. The summed E-state index contributed by atoms with van der Waals surface area (Å²) in [4.78, 5) is 0. The summed E-state index contributed by atoms with van der Waals surface area (Å²) >= 11 is 0. The van der Waals surface area contributed by atoms with Crippen molar-refractivity contribution < 1.29 is 0 Å². The fourth-order valence-electron chi connectivity index (χ4n) is 2.64. The van der Waals surface area contributed by atoms with Gasteiger partial charge in [0.2, 0.25) is 0 Å². The van der Waals surface area contributed by atoms with E-state index in [9.17, 15) is 0 Å². The molecule has 0 aliphatic heterocycles. The van der Waals surface area contributed by atoms with Gasteiger partial charge in [0.05, 0.1) is 5.69 Å². The molecule has 3 heteroatoms. The van der Waals surface area contributed by atoms with Crippen LogP contribution < -0.4 is 5.73 Å². The van der Waals surface area contributed by atoms with Gasteiger partial charge in [-0.05, 0) is 50.3 Å². The number of benzene rings is 1. The molecule has 1 aromatic heterocycles. The predicted molar refractivity (Wildman–Crippen MR) is 83.7 cm³/mol. The highest BCUT2D eigenvalue weighted by Crippen LogP contribution is 2.16. The molecular formula is C17H25N3. The van der Waals surface area contributed by atoms with Gasteiger partial charge in [-0.3, -0.25) is 4.68 Å². The largest absolute Gasteiger partial charge is 0.330 e. The number of aromatic nitrogens is 2. The standard InChI is InChI=1S/C17H25N3/c1-4-16-11-17(20(3)19-16)10-15(12-18)9-14-7-5-6-13(2)8-14/h5-8,11,15H,4,9-10,12,18H2,1-3H3. The van der Waals surface area contributed by atoms with E-state index < -0.39 is 0 Å². The van der Waals surface area contributed by atoms with Crippen LogP contribution >= 0.6 is 0 Å². The Kier molecular flexibility index (Phi) is 4.96. The van der Waals surface area contributed by atoms with Crippen molar-refractivity contribution in [3.8, 4) is 0 Å². The van der Waals surface area contributed by atoms with Crippen molar-refractivity contribution in [2.75, 3.05) is 6.54 Å². The normalized spacial score (nSPS) is 12.6. The third-order valence-corrected chi connectivity index (χ3v) is 3.83. The Morgan fingerprint density at radius 2 is 2.05 bits per heavy atom. The molecule has 108 valence electrons. The van der Waals surface area contributed by atoms with Crippen molar-refractivity contribution in [1.29, 1.82) is 0 Å². The van der Waals surface area contributed by atoms with Gasteiger partial charge in [-0.2, -0.15) is 5.10 Å². The molecule has 0 saturated carbocycles. The summed E-state index contributed by atoms with van der Waals surface area (Å²) in [6.45, 7) is 4.98. The molecule has 1 heterocycles. The Labute approximate surface area is 121 Å². The van der Waals surface area contributed by atoms with Gasteiger partial charge >= 0.3 is 0 Å². The van der Waals surface area contributed by atoms with Crippen LogP contribution in [0.2, 0.25) is 0 Å². The summed E-state index contributed by atoms with van der Waals surface area (Å²) in [7, 11) is 2.02. The van der Waals surface area contributed by atoms with Gasteiger partial charge in [-0.1, -0.05) is 36.8 Å². The summed E-state index contributed by atoms with van der Waals surface area (Å²) in [6, 6.07) is 10.9. The molecule has 1 unspecified atom stereocenters. The van der Waals surface area contributed by atoms with Gasteiger partial charge in [0.15, 0.2) is 0 Å². The van der Waals surface area contributed by atoms with Crippen LogP contribution in [0.15, 0.2) is 30.3 Å². The van der Waals surface area contributed by atoms with Gasteiger partial charge in [0.25, 0.3) is 0 Å². The lowest BCUT2D eigenvalue weighted by Gasteiger charge is -2.15. The van der Waals surface area contributed by atoms with Crippen LogP contribution in [0.3, 0.4) is 0 Å².